The topological polar surface area (TPSA) is 55.7 Å². The highest BCUT2D eigenvalue weighted by molar-refractivity contribution is 9.10. The zero-order valence-corrected chi connectivity index (χ0v) is 12.0. The first-order chi connectivity index (χ1) is 9.72. The fraction of sp³-hybridized carbons (Fsp3) is 0.0667. The van der Waals surface area contributed by atoms with Gasteiger partial charge in [-0.2, -0.15) is 0 Å². The molecule has 4 nitrogen and oxygen atoms in total. The average molecular weight is 328 g/mol. The number of carbonyl (C=O) groups is 1. The van der Waals surface area contributed by atoms with Gasteiger partial charge in [0, 0.05) is 41.2 Å². The molecule has 0 saturated heterocycles. The molecule has 0 fully saturated rings. The largest absolute Gasteiger partial charge is 0.294 e. The van der Waals surface area contributed by atoms with Crippen molar-refractivity contribution in [3.8, 4) is 0 Å². The molecule has 0 atom stereocenters. The Balaban J connectivity index is 1.88. The van der Waals surface area contributed by atoms with Crippen molar-refractivity contribution in [3.63, 3.8) is 0 Å². The number of pyridine rings is 1. The summed E-state index contributed by atoms with van der Waals surface area (Å²) in [4.78, 5) is 24.7. The van der Waals surface area contributed by atoms with Gasteiger partial charge in [-0.3, -0.25) is 19.7 Å². The first-order valence-corrected chi connectivity index (χ1v) is 6.85. The van der Waals surface area contributed by atoms with Crippen molar-refractivity contribution in [1.29, 1.82) is 0 Å². The van der Waals surface area contributed by atoms with Gasteiger partial charge in [-0.1, -0.05) is 0 Å². The van der Waals surface area contributed by atoms with E-state index in [0.717, 1.165) is 21.1 Å². The summed E-state index contributed by atoms with van der Waals surface area (Å²) in [6, 6.07) is 7.27. The predicted octanol–water partition coefficient (Wildman–Crippen LogP) is 3.21. The first kappa shape index (κ1) is 12.9. The Morgan fingerprint density at radius 3 is 2.65 bits per heavy atom. The SMILES string of the molecule is O=C(Cc1cncc(Br)c1)c1ccc2nccnc2c1. The van der Waals surface area contributed by atoms with E-state index in [1.54, 1.807) is 36.9 Å². The van der Waals surface area contributed by atoms with E-state index in [2.05, 4.69) is 30.9 Å². The summed E-state index contributed by atoms with van der Waals surface area (Å²) in [6.45, 7) is 0. The number of hydrogen-bond acceptors (Lipinski definition) is 4. The van der Waals surface area contributed by atoms with E-state index in [-0.39, 0.29) is 5.78 Å². The number of hydrogen-bond donors (Lipinski definition) is 0. The molecule has 98 valence electrons. The van der Waals surface area contributed by atoms with E-state index in [1.165, 1.54) is 0 Å². The molecule has 0 saturated carbocycles. The van der Waals surface area contributed by atoms with Crippen molar-refractivity contribution >= 4 is 32.7 Å². The highest BCUT2D eigenvalue weighted by Crippen LogP contribution is 2.15. The minimum absolute atomic E-state index is 0.0393. The van der Waals surface area contributed by atoms with E-state index in [4.69, 9.17) is 0 Å². The third kappa shape index (κ3) is 2.72. The molecule has 1 aromatic carbocycles. The van der Waals surface area contributed by atoms with Crippen LogP contribution in [0, 0.1) is 0 Å². The highest BCUT2D eigenvalue weighted by Gasteiger charge is 2.09. The number of rotatable bonds is 3. The second kappa shape index (κ2) is 5.46. The first-order valence-electron chi connectivity index (χ1n) is 6.06. The number of ketones is 1. The Bertz CT molecular complexity index is 789. The molecular formula is C15H10BrN3O. The van der Waals surface area contributed by atoms with Crippen molar-refractivity contribution < 1.29 is 4.79 Å². The normalized spacial score (nSPS) is 10.7. The number of benzene rings is 1. The van der Waals surface area contributed by atoms with Crippen molar-refractivity contribution in [2.75, 3.05) is 0 Å². The van der Waals surface area contributed by atoms with Crippen molar-refractivity contribution in [3.05, 3.63) is 64.7 Å². The molecule has 0 aliphatic heterocycles. The fourth-order valence-electron chi connectivity index (χ4n) is 1.98. The summed E-state index contributed by atoms with van der Waals surface area (Å²) < 4.78 is 0.868. The second-order valence-corrected chi connectivity index (χ2v) is 5.29. The Kier molecular flexibility index (Phi) is 3.52. The van der Waals surface area contributed by atoms with Gasteiger partial charge in [0.25, 0.3) is 0 Å². The van der Waals surface area contributed by atoms with E-state index < -0.39 is 0 Å². The summed E-state index contributed by atoms with van der Waals surface area (Å²) in [6.07, 6.45) is 6.97. The molecule has 0 aliphatic rings. The lowest BCUT2D eigenvalue weighted by Crippen LogP contribution is -2.04. The smallest absolute Gasteiger partial charge is 0.167 e. The van der Waals surface area contributed by atoms with Gasteiger partial charge in [-0.05, 0) is 45.8 Å². The van der Waals surface area contributed by atoms with Crippen molar-refractivity contribution in [1.82, 2.24) is 15.0 Å². The van der Waals surface area contributed by atoms with E-state index >= 15 is 0 Å². The second-order valence-electron chi connectivity index (χ2n) is 4.37. The maximum Gasteiger partial charge on any atom is 0.167 e. The Morgan fingerprint density at radius 2 is 1.85 bits per heavy atom. The molecule has 0 bridgehead atoms. The van der Waals surface area contributed by atoms with E-state index in [9.17, 15) is 4.79 Å². The summed E-state index contributed by atoms with van der Waals surface area (Å²) in [5.41, 5.74) is 3.03. The van der Waals surface area contributed by atoms with Gasteiger partial charge < -0.3 is 0 Å². The maximum absolute atomic E-state index is 12.3. The summed E-state index contributed by atoms with van der Waals surface area (Å²) in [7, 11) is 0. The number of aromatic nitrogens is 3. The van der Waals surface area contributed by atoms with Crippen LogP contribution in [0.25, 0.3) is 11.0 Å². The van der Waals surface area contributed by atoms with Gasteiger partial charge in [0.15, 0.2) is 5.78 Å². The van der Waals surface area contributed by atoms with Gasteiger partial charge in [0.1, 0.15) is 0 Å². The van der Waals surface area contributed by atoms with Gasteiger partial charge in [-0.25, -0.2) is 0 Å². The fourth-order valence-corrected chi connectivity index (χ4v) is 2.39. The van der Waals surface area contributed by atoms with Crippen LogP contribution in [0.1, 0.15) is 15.9 Å². The van der Waals surface area contributed by atoms with E-state index in [1.807, 2.05) is 12.1 Å². The zero-order chi connectivity index (χ0) is 13.9. The molecule has 3 rings (SSSR count). The summed E-state index contributed by atoms with van der Waals surface area (Å²) in [5.74, 6) is 0.0393. The molecule has 0 spiro atoms. The van der Waals surface area contributed by atoms with Crippen LogP contribution in [0.4, 0.5) is 0 Å². The van der Waals surface area contributed by atoms with Crippen LogP contribution in [-0.4, -0.2) is 20.7 Å². The Morgan fingerprint density at radius 1 is 1.05 bits per heavy atom. The summed E-state index contributed by atoms with van der Waals surface area (Å²) >= 11 is 3.35. The van der Waals surface area contributed by atoms with Crippen molar-refractivity contribution in [2.45, 2.75) is 6.42 Å². The number of halogens is 1. The van der Waals surface area contributed by atoms with Crippen LogP contribution < -0.4 is 0 Å². The number of Topliss-reactive ketones (excluding diaryl/α,β-unsaturated/α-hetero) is 1. The van der Waals surface area contributed by atoms with Gasteiger partial charge in [0.2, 0.25) is 0 Å². The number of carbonyl (C=O) groups excluding carboxylic acids is 1. The third-order valence-electron chi connectivity index (χ3n) is 2.92. The lowest BCUT2D eigenvalue weighted by atomic mass is 10.0. The molecule has 2 aromatic heterocycles. The van der Waals surface area contributed by atoms with E-state index in [0.29, 0.717) is 12.0 Å². The van der Waals surface area contributed by atoms with Crippen LogP contribution in [-0.2, 0) is 6.42 Å². The van der Waals surface area contributed by atoms with Crippen LogP contribution in [0.5, 0.6) is 0 Å². The lowest BCUT2D eigenvalue weighted by Gasteiger charge is -2.03. The van der Waals surface area contributed by atoms with Crippen molar-refractivity contribution in [2.24, 2.45) is 0 Å². The molecule has 20 heavy (non-hydrogen) atoms. The minimum Gasteiger partial charge on any atom is -0.294 e. The Hall–Kier alpha value is -2.14. The highest BCUT2D eigenvalue weighted by atomic mass is 79.9. The molecule has 0 N–H and O–H groups in total. The van der Waals surface area contributed by atoms with Crippen LogP contribution in [0.15, 0.2) is 53.5 Å². The number of nitrogens with zero attached hydrogens (tertiary/aromatic N) is 3. The molecule has 3 aromatic rings. The standard InChI is InChI=1S/C15H10BrN3O/c16-12-5-10(8-17-9-12)6-15(20)11-1-2-13-14(7-11)19-4-3-18-13/h1-5,7-9H,6H2. The third-order valence-corrected chi connectivity index (χ3v) is 3.35. The lowest BCUT2D eigenvalue weighted by molar-refractivity contribution is 0.0993. The van der Waals surface area contributed by atoms with Crippen LogP contribution in [0.2, 0.25) is 0 Å². The monoisotopic (exact) mass is 327 g/mol. The molecule has 2 heterocycles. The summed E-state index contributed by atoms with van der Waals surface area (Å²) in [5, 5.41) is 0. The van der Waals surface area contributed by atoms with Gasteiger partial charge in [0.05, 0.1) is 11.0 Å². The maximum atomic E-state index is 12.3. The predicted molar refractivity (Wildman–Crippen MR) is 79.5 cm³/mol. The molecule has 0 unspecified atom stereocenters. The molecular weight excluding hydrogens is 318 g/mol. The molecule has 0 radical (unpaired) electrons. The Labute approximate surface area is 124 Å². The van der Waals surface area contributed by atoms with Gasteiger partial charge >= 0.3 is 0 Å². The quantitative estimate of drug-likeness (QED) is 0.693. The number of fused-ring (bicyclic) bond motifs is 1. The molecule has 5 heteroatoms. The van der Waals surface area contributed by atoms with Crippen LogP contribution >= 0.6 is 15.9 Å². The van der Waals surface area contributed by atoms with Crippen LogP contribution in [0.3, 0.4) is 0 Å². The zero-order valence-electron chi connectivity index (χ0n) is 10.5. The molecule has 0 amide bonds. The van der Waals surface area contributed by atoms with Gasteiger partial charge in [-0.15, -0.1) is 0 Å². The molecule has 0 aliphatic carbocycles. The average Bonchev–Trinajstić information content (AvgIpc) is 2.47. The minimum atomic E-state index is 0.0393.